The molecule has 1 aromatic rings. The molecule has 0 aromatic carbocycles. The Hall–Kier alpha value is -2.25. The summed E-state index contributed by atoms with van der Waals surface area (Å²) in [7, 11) is 1.65. The molecule has 0 unspecified atom stereocenters. The molecule has 1 aliphatic rings. The molecule has 27 heavy (non-hydrogen) atoms. The number of unbranched alkanes of at least 4 members (excludes halogenated alkanes) is 1. The molecule has 0 aliphatic heterocycles. The Bertz CT molecular complexity index is 732. The first-order valence-electron chi connectivity index (χ1n) is 10.1. The van der Waals surface area contributed by atoms with Crippen LogP contribution in [0.25, 0.3) is 0 Å². The fourth-order valence-electron chi connectivity index (χ4n) is 3.65. The minimum Gasteiger partial charge on any atom is -0.383 e. The van der Waals surface area contributed by atoms with E-state index in [-0.39, 0.29) is 30.0 Å². The summed E-state index contributed by atoms with van der Waals surface area (Å²) in [6.07, 6.45) is 9.67. The number of hydrogen-bond acceptors (Lipinski definition) is 5. The molecule has 152 valence electrons. The predicted molar refractivity (Wildman–Crippen MR) is 108 cm³/mol. The Morgan fingerprint density at radius 3 is 2.48 bits per heavy atom. The number of aromatic nitrogens is 2. The fourth-order valence-corrected chi connectivity index (χ4v) is 3.65. The van der Waals surface area contributed by atoms with Gasteiger partial charge in [-0.3, -0.25) is 19.1 Å². The molecule has 1 heterocycles. The van der Waals surface area contributed by atoms with E-state index in [1.807, 2.05) is 6.92 Å². The maximum absolute atomic E-state index is 12.5. The lowest BCUT2D eigenvalue weighted by molar-refractivity contribution is -0.120. The third-order valence-electron chi connectivity index (χ3n) is 5.18. The minimum absolute atomic E-state index is 0.0236. The van der Waals surface area contributed by atoms with E-state index in [1.54, 1.807) is 7.05 Å². The molecule has 0 bridgehead atoms. The third-order valence-corrected chi connectivity index (χ3v) is 5.18. The fraction of sp³-hybridized carbons (Fsp3) is 0.737. The number of nitrogens with zero attached hydrogens (tertiary/aromatic N) is 2. The van der Waals surface area contributed by atoms with Crippen molar-refractivity contribution < 1.29 is 4.79 Å². The Morgan fingerprint density at radius 1 is 1.22 bits per heavy atom. The van der Waals surface area contributed by atoms with Crippen LogP contribution in [0.15, 0.2) is 9.59 Å². The van der Waals surface area contributed by atoms with Gasteiger partial charge in [0.1, 0.15) is 11.5 Å². The summed E-state index contributed by atoms with van der Waals surface area (Å²) in [5, 5.41) is 3.08. The van der Waals surface area contributed by atoms with Gasteiger partial charge in [-0.05, 0) is 19.3 Å². The smallest absolute Gasteiger partial charge is 0.330 e. The van der Waals surface area contributed by atoms with Gasteiger partial charge >= 0.3 is 5.69 Å². The zero-order chi connectivity index (χ0) is 19.8. The number of carbonyl (C=O) groups excluding carboxylic acids is 1. The van der Waals surface area contributed by atoms with Gasteiger partial charge in [0.25, 0.3) is 5.56 Å². The highest BCUT2D eigenvalue weighted by atomic mass is 16.2. The molecular formula is C19H33N5O3. The number of nitrogens with two attached hydrogens (primary N) is 1. The van der Waals surface area contributed by atoms with Crippen LogP contribution < -0.4 is 27.2 Å². The van der Waals surface area contributed by atoms with Crippen molar-refractivity contribution in [3.05, 3.63) is 20.8 Å². The van der Waals surface area contributed by atoms with Crippen LogP contribution >= 0.6 is 0 Å². The molecule has 1 fully saturated rings. The Balaban J connectivity index is 2.07. The molecular weight excluding hydrogens is 346 g/mol. The maximum Gasteiger partial charge on any atom is 0.330 e. The molecule has 0 saturated heterocycles. The Morgan fingerprint density at radius 2 is 1.85 bits per heavy atom. The van der Waals surface area contributed by atoms with Crippen molar-refractivity contribution in [2.24, 2.45) is 0 Å². The van der Waals surface area contributed by atoms with Crippen molar-refractivity contribution in [1.29, 1.82) is 0 Å². The molecule has 2 rings (SSSR count). The van der Waals surface area contributed by atoms with Gasteiger partial charge in [-0.15, -0.1) is 0 Å². The molecule has 8 nitrogen and oxygen atoms in total. The van der Waals surface area contributed by atoms with Gasteiger partial charge in [-0.1, -0.05) is 45.4 Å². The minimum atomic E-state index is -0.563. The first-order valence-corrected chi connectivity index (χ1v) is 10.1. The summed E-state index contributed by atoms with van der Waals surface area (Å²) >= 11 is 0. The topological polar surface area (TPSA) is 113 Å². The molecule has 0 radical (unpaired) electrons. The van der Waals surface area contributed by atoms with Crippen molar-refractivity contribution in [3.8, 4) is 0 Å². The highest BCUT2D eigenvalue weighted by Gasteiger charge is 2.20. The van der Waals surface area contributed by atoms with Gasteiger partial charge in [0.05, 0.1) is 6.54 Å². The first kappa shape index (κ1) is 21.1. The van der Waals surface area contributed by atoms with E-state index in [0.717, 1.165) is 38.5 Å². The number of anilines is 2. The van der Waals surface area contributed by atoms with Crippen LogP contribution in [0.5, 0.6) is 0 Å². The summed E-state index contributed by atoms with van der Waals surface area (Å²) < 4.78 is 1.36. The van der Waals surface area contributed by atoms with E-state index in [4.69, 9.17) is 5.73 Å². The maximum atomic E-state index is 12.5. The van der Waals surface area contributed by atoms with Gasteiger partial charge in [-0.25, -0.2) is 4.79 Å². The molecule has 0 spiro atoms. The van der Waals surface area contributed by atoms with Crippen molar-refractivity contribution in [1.82, 2.24) is 14.9 Å². The van der Waals surface area contributed by atoms with E-state index < -0.39 is 11.2 Å². The van der Waals surface area contributed by atoms with Crippen LogP contribution in [0.1, 0.15) is 64.7 Å². The molecule has 1 aliphatic carbocycles. The van der Waals surface area contributed by atoms with Gasteiger partial charge in [0.2, 0.25) is 5.91 Å². The lowest BCUT2D eigenvalue weighted by Crippen LogP contribution is -2.44. The number of nitrogens with one attached hydrogen (secondary N) is 2. The summed E-state index contributed by atoms with van der Waals surface area (Å²) in [6, 6.07) is 0.195. The number of nitrogen functional groups attached to an aromatic ring is 1. The van der Waals surface area contributed by atoms with Crippen molar-refractivity contribution in [2.75, 3.05) is 24.2 Å². The van der Waals surface area contributed by atoms with E-state index in [9.17, 15) is 14.4 Å². The number of carbonyl (C=O) groups is 1. The van der Waals surface area contributed by atoms with Gasteiger partial charge < -0.3 is 16.0 Å². The zero-order valence-electron chi connectivity index (χ0n) is 16.6. The lowest BCUT2D eigenvalue weighted by atomic mass is 9.97. The monoisotopic (exact) mass is 379 g/mol. The van der Waals surface area contributed by atoms with Crippen LogP contribution in [0.4, 0.5) is 11.5 Å². The van der Waals surface area contributed by atoms with Crippen LogP contribution in [0.2, 0.25) is 0 Å². The highest BCUT2D eigenvalue weighted by molar-refractivity contribution is 5.82. The number of amides is 1. The van der Waals surface area contributed by atoms with E-state index in [0.29, 0.717) is 6.54 Å². The van der Waals surface area contributed by atoms with Gasteiger partial charge in [0, 0.05) is 19.6 Å². The third kappa shape index (κ3) is 5.87. The normalized spacial score (nSPS) is 15.8. The molecule has 1 saturated carbocycles. The van der Waals surface area contributed by atoms with Gasteiger partial charge in [-0.2, -0.15) is 0 Å². The number of likely N-dealkylation sites (N-methyl/N-ethyl adjacent to an activating group) is 1. The van der Waals surface area contributed by atoms with Gasteiger partial charge in [0.15, 0.2) is 0 Å². The highest BCUT2D eigenvalue weighted by Crippen LogP contribution is 2.18. The predicted octanol–water partition coefficient (Wildman–Crippen LogP) is 1.58. The SMILES string of the molecule is CCCCn1c(N)c(N(C)CC(=O)NC2CCCCCCC2)c(=O)[nH]c1=O. The number of H-pyrrole nitrogens is 1. The summed E-state index contributed by atoms with van der Waals surface area (Å²) in [5.74, 6) is -0.0216. The van der Waals surface area contributed by atoms with E-state index in [2.05, 4.69) is 10.3 Å². The van der Waals surface area contributed by atoms with Crippen molar-refractivity contribution in [3.63, 3.8) is 0 Å². The second-order valence-corrected chi connectivity index (χ2v) is 7.46. The van der Waals surface area contributed by atoms with E-state index in [1.165, 1.54) is 28.7 Å². The first-order chi connectivity index (χ1) is 12.9. The second-order valence-electron chi connectivity index (χ2n) is 7.46. The number of aromatic amines is 1. The Kier molecular flexibility index (Phi) is 7.94. The average Bonchev–Trinajstić information content (AvgIpc) is 2.56. The van der Waals surface area contributed by atoms with Crippen molar-refractivity contribution >= 4 is 17.4 Å². The van der Waals surface area contributed by atoms with Crippen LogP contribution in [-0.4, -0.2) is 35.1 Å². The van der Waals surface area contributed by atoms with E-state index >= 15 is 0 Å². The average molecular weight is 380 g/mol. The van der Waals surface area contributed by atoms with Crippen molar-refractivity contribution in [2.45, 2.75) is 77.3 Å². The number of rotatable bonds is 7. The molecule has 1 amide bonds. The zero-order valence-corrected chi connectivity index (χ0v) is 16.6. The summed E-state index contributed by atoms with van der Waals surface area (Å²) in [5.41, 5.74) is 5.18. The standard InChI is InChI=1S/C19H33N5O3/c1-3-4-12-24-17(20)16(18(26)22-19(24)27)23(2)13-15(25)21-14-10-8-6-5-7-9-11-14/h14H,3-13,20H2,1-2H3,(H,21,25)(H,22,26,27). The summed E-state index contributed by atoms with van der Waals surface area (Å²) in [6.45, 7) is 2.47. The molecule has 4 N–H and O–H groups in total. The molecule has 0 atom stereocenters. The molecule has 1 aromatic heterocycles. The Labute approximate surface area is 160 Å². The largest absolute Gasteiger partial charge is 0.383 e. The van der Waals surface area contributed by atoms with Crippen LogP contribution in [-0.2, 0) is 11.3 Å². The quantitative estimate of drug-likeness (QED) is 0.666. The lowest BCUT2D eigenvalue weighted by Gasteiger charge is -2.24. The molecule has 8 heteroatoms. The summed E-state index contributed by atoms with van der Waals surface area (Å²) in [4.78, 5) is 40.6. The van der Waals surface area contributed by atoms with Crippen LogP contribution in [0.3, 0.4) is 0 Å². The second kappa shape index (κ2) is 10.2. The number of hydrogen-bond donors (Lipinski definition) is 3. The van der Waals surface area contributed by atoms with Crippen LogP contribution in [0, 0.1) is 0 Å².